The van der Waals surface area contributed by atoms with E-state index in [1.54, 1.807) is 12.1 Å². The predicted octanol–water partition coefficient (Wildman–Crippen LogP) is 2.55. The molecule has 0 bridgehead atoms. The van der Waals surface area contributed by atoms with Crippen molar-refractivity contribution in [1.82, 2.24) is 5.32 Å². The zero-order valence-corrected chi connectivity index (χ0v) is 11.4. The molecule has 1 aromatic carbocycles. The fourth-order valence-corrected chi connectivity index (χ4v) is 3.78. The quantitative estimate of drug-likeness (QED) is 0.643. The van der Waals surface area contributed by atoms with E-state index in [0.717, 1.165) is 44.2 Å². The minimum Gasteiger partial charge on any atom is -0.389 e. The van der Waals surface area contributed by atoms with Crippen LogP contribution in [0.1, 0.15) is 43.7 Å². The maximum atomic E-state index is 10.8. The zero-order chi connectivity index (χ0) is 14.2. The Morgan fingerprint density at radius 2 is 2.00 bits per heavy atom. The number of hydrogen-bond acceptors (Lipinski definition) is 4. The number of nitro groups is 1. The molecule has 1 saturated carbocycles. The van der Waals surface area contributed by atoms with Gasteiger partial charge in [0.05, 0.1) is 10.5 Å². The molecule has 3 atom stereocenters. The second-order valence-corrected chi connectivity index (χ2v) is 5.99. The molecule has 1 saturated heterocycles. The fraction of sp³-hybridized carbons (Fsp3) is 0.600. The summed E-state index contributed by atoms with van der Waals surface area (Å²) in [4.78, 5) is 10.3. The number of non-ortho nitro benzene ring substituents is 1. The van der Waals surface area contributed by atoms with E-state index < -0.39 is 5.60 Å². The van der Waals surface area contributed by atoms with Crippen molar-refractivity contribution in [2.45, 2.75) is 43.7 Å². The molecular weight excluding hydrogens is 256 g/mol. The van der Waals surface area contributed by atoms with E-state index in [-0.39, 0.29) is 22.6 Å². The molecule has 2 fully saturated rings. The minimum atomic E-state index is -0.560. The van der Waals surface area contributed by atoms with Crippen LogP contribution in [0.3, 0.4) is 0 Å². The van der Waals surface area contributed by atoms with Crippen molar-refractivity contribution in [3.8, 4) is 0 Å². The van der Waals surface area contributed by atoms with Crippen LogP contribution in [0.25, 0.3) is 0 Å². The third-order valence-corrected chi connectivity index (χ3v) is 4.85. The number of piperidine rings is 1. The summed E-state index contributed by atoms with van der Waals surface area (Å²) in [6.45, 7) is 0.800. The smallest absolute Gasteiger partial charge is 0.269 e. The van der Waals surface area contributed by atoms with Crippen LogP contribution in [-0.4, -0.2) is 22.2 Å². The van der Waals surface area contributed by atoms with Crippen molar-refractivity contribution in [2.75, 3.05) is 6.54 Å². The fourth-order valence-electron chi connectivity index (χ4n) is 3.78. The van der Waals surface area contributed by atoms with Gasteiger partial charge in [0, 0.05) is 24.1 Å². The summed E-state index contributed by atoms with van der Waals surface area (Å²) in [6, 6.07) is 6.84. The highest BCUT2D eigenvalue weighted by Crippen LogP contribution is 2.45. The highest BCUT2D eigenvalue weighted by Gasteiger charge is 2.45. The first kappa shape index (κ1) is 13.5. The van der Waals surface area contributed by atoms with Gasteiger partial charge in [-0.2, -0.15) is 0 Å². The molecule has 5 nitrogen and oxygen atoms in total. The van der Waals surface area contributed by atoms with Gasteiger partial charge in [0.15, 0.2) is 0 Å². The normalized spacial score (nSPS) is 33.5. The Bertz CT molecular complexity index is 498. The molecule has 1 aromatic rings. The van der Waals surface area contributed by atoms with Crippen LogP contribution >= 0.6 is 0 Å². The predicted molar refractivity (Wildman–Crippen MR) is 75.4 cm³/mol. The summed E-state index contributed by atoms with van der Waals surface area (Å²) in [6.07, 6.45) is 4.95. The van der Waals surface area contributed by atoms with Crippen molar-refractivity contribution < 1.29 is 10.0 Å². The Labute approximate surface area is 118 Å². The average molecular weight is 276 g/mol. The van der Waals surface area contributed by atoms with Crippen molar-refractivity contribution in [2.24, 2.45) is 5.92 Å². The van der Waals surface area contributed by atoms with Crippen LogP contribution in [0, 0.1) is 16.0 Å². The van der Waals surface area contributed by atoms with Crippen molar-refractivity contribution in [3.05, 3.63) is 39.9 Å². The van der Waals surface area contributed by atoms with E-state index in [2.05, 4.69) is 5.32 Å². The Morgan fingerprint density at radius 1 is 1.25 bits per heavy atom. The molecule has 3 rings (SSSR count). The number of hydrogen-bond donors (Lipinski definition) is 2. The molecule has 0 unspecified atom stereocenters. The van der Waals surface area contributed by atoms with Crippen LogP contribution in [0.4, 0.5) is 5.69 Å². The third kappa shape index (κ3) is 2.31. The second kappa shape index (κ2) is 5.14. The molecule has 0 radical (unpaired) electrons. The van der Waals surface area contributed by atoms with Gasteiger partial charge < -0.3 is 10.4 Å². The highest BCUT2D eigenvalue weighted by atomic mass is 16.6. The standard InChI is InChI=1S/C15H20N2O3/c18-15-8-2-1-3-13(15)14(16-10-9-15)11-4-6-12(7-5-11)17(19)20/h4-7,13-14,16,18H,1-3,8-10H2/t13-,14+,15-/m0/s1. The molecule has 1 heterocycles. The van der Waals surface area contributed by atoms with Gasteiger partial charge in [0.25, 0.3) is 5.69 Å². The Hall–Kier alpha value is -1.46. The van der Waals surface area contributed by atoms with E-state index in [0.29, 0.717) is 0 Å². The number of benzene rings is 1. The van der Waals surface area contributed by atoms with Crippen LogP contribution < -0.4 is 5.32 Å². The average Bonchev–Trinajstić information content (AvgIpc) is 2.46. The molecule has 2 N–H and O–H groups in total. The van der Waals surface area contributed by atoms with Crippen LogP contribution in [-0.2, 0) is 0 Å². The molecule has 2 aliphatic rings. The number of fused-ring (bicyclic) bond motifs is 1. The number of rotatable bonds is 2. The topological polar surface area (TPSA) is 75.4 Å². The van der Waals surface area contributed by atoms with Crippen molar-refractivity contribution in [1.29, 1.82) is 0 Å². The van der Waals surface area contributed by atoms with Gasteiger partial charge in [-0.15, -0.1) is 0 Å². The zero-order valence-electron chi connectivity index (χ0n) is 11.4. The SMILES string of the molecule is O=[N+]([O-])c1ccc([C@H]2NCC[C@@]3(O)CCCC[C@@H]23)cc1. The van der Waals surface area contributed by atoms with Gasteiger partial charge in [-0.25, -0.2) is 0 Å². The highest BCUT2D eigenvalue weighted by molar-refractivity contribution is 5.35. The van der Waals surface area contributed by atoms with Crippen LogP contribution in [0.5, 0.6) is 0 Å². The van der Waals surface area contributed by atoms with Gasteiger partial charge in [0.1, 0.15) is 0 Å². The molecule has 0 amide bonds. The molecule has 1 aliphatic heterocycles. The molecule has 0 aromatic heterocycles. The van der Waals surface area contributed by atoms with E-state index in [4.69, 9.17) is 0 Å². The Morgan fingerprint density at radius 3 is 2.70 bits per heavy atom. The molecule has 5 heteroatoms. The lowest BCUT2D eigenvalue weighted by atomic mass is 9.67. The van der Waals surface area contributed by atoms with Gasteiger partial charge >= 0.3 is 0 Å². The molecule has 1 aliphatic carbocycles. The van der Waals surface area contributed by atoms with Gasteiger partial charge in [-0.05, 0) is 31.4 Å². The minimum absolute atomic E-state index is 0.106. The third-order valence-electron chi connectivity index (χ3n) is 4.85. The summed E-state index contributed by atoms with van der Waals surface area (Å²) in [5.74, 6) is 0.214. The lowest BCUT2D eigenvalue weighted by molar-refractivity contribution is -0.384. The van der Waals surface area contributed by atoms with Gasteiger partial charge in [-0.3, -0.25) is 10.1 Å². The summed E-state index contributed by atoms with van der Waals surface area (Å²) >= 11 is 0. The maximum Gasteiger partial charge on any atom is 0.269 e. The molecular formula is C15H20N2O3. The number of aliphatic hydroxyl groups is 1. The lowest BCUT2D eigenvalue weighted by Gasteiger charge is -2.48. The largest absolute Gasteiger partial charge is 0.389 e. The Kier molecular flexibility index (Phi) is 3.48. The molecule has 20 heavy (non-hydrogen) atoms. The van der Waals surface area contributed by atoms with E-state index in [1.807, 2.05) is 12.1 Å². The van der Waals surface area contributed by atoms with E-state index in [9.17, 15) is 15.2 Å². The monoisotopic (exact) mass is 276 g/mol. The van der Waals surface area contributed by atoms with E-state index >= 15 is 0 Å². The molecule has 108 valence electrons. The Balaban J connectivity index is 1.86. The first-order chi connectivity index (χ1) is 9.60. The van der Waals surface area contributed by atoms with E-state index in [1.165, 1.54) is 0 Å². The number of nitrogens with one attached hydrogen (secondary N) is 1. The summed E-state index contributed by atoms with van der Waals surface area (Å²) in [5, 5.41) is 25.0. The first-order valence-corrected chi connectivity index (χ1v) is 7.30. The number of nitrogens with zero attached hydrogens (tertiary/aromatic N) is 1. The van der Waals surface area contributed by atoms with Crippen LogP contribution in [0.2, 0.25) is 0 Å². The maximum absolute atomic E-state index is 10.8. The van der Waals surface area contributed by atoms with Crippen LogP contribution in [0.15, 0.2) is 24.3 Å². The second-order valence-electron chi connectivity index (χ2n) is 5.99. The number of nitro benzene ring substituents is 1. The van der Waals surface area contributed by atoms with Crippen molar-refractivity contribution >= 4 is 5.69 Å². The molecule has 0 spiro atoms. The first-order valence-electron chi connectivity index (χ1n) is 7.30. The summed E-state index contributed by atoms with van der Waals surface area (Å²) in [5.41, 5.74) is 0.597. The summed E-state index contributed by atoms with van der Waals surface area (Å²) in [7, 11) is 0. The van der Waals surface area contributed by atoms with Gasteiger partial charge in [-0.1, -0.05) is 25.0 Å². The van der Waals surface area contributed by atoms with Gasteiger partial charge in [0.2, 0.25) is 0 Å². The summed E-state index contributed by atoms with van der Waals surface area (Å²) < 4.78 is 0. The lowest BCUT2D eigenvalue weighted by Crippen LogP contribution is -2.53. The van der Waals surface area contributed by atoms with Crippen molar-refractivity contribution in [3.63, 3.8) is 0 Å².